The van der Waals surface area contributed by atoms with Crippen molar-refractivity contribution in [2.24, 2.45) is 0 Å². The van der Waals surface area contributed by atoms with E-state index in [4.69, 9.17) is 5.11 Å². The van der Waals surface area contributed by atoms with E-state index in [1.807, 2.05) is 0 Å². The topological polar surface area (TPSA) is 40.5 Å². The number of benzene rings is 1. The van der Waals surface area contributed by atoms with Crippen molar-refractivity contribution in [3.63, 3.8) is 0 Å². The third-order valence-corrected chi connectivity index (χ3v) is 2.59. The van der Waals surface area contributed by atoms with Crippen LogP contribution in [-0.4, -0.2) is 24.2 Å². The molecule has 0 aliphatic carbocycles. The Morgan fingerprint density at radius 1 is 1.64 bits per heavy atom. The van der Waals surface area contributed by atoms with Crippen LogP contribution in [-0.2, 0) is 11.2 Å². The van der Waals surface area contributed by atoms with Crippen LogP contribution in [0.2, 0.25) is 0 Å². The van der Waals surface area contributed by atoms with Crippen LogP contribution in [0.15, 0.2) is 18.2 Å². The number of rotatable bonds is 1. The minimum Gasteiger partial charge on any atom is -0.480 e. The van der Waals surface area contributed by atoms with Gasteiger partial charge in [0.2, 0.25) is 0 Å². The lowest BCUT2D eigenvalue weighted by atomic mass is 10.1. The van der Waals surface area contributed by atoms with Gasteiger partial charge in [-0.2, -0.15) is 0 Å². The second-order valence-electron chi connectivity index (χ2n) is 3.44. The Balaban J connectivity index is 2.40. The largest absolute Gasteiger partial charge is 0.480 e. The Morgan fingerprint density at radius 2 is 2.36 bits per heavy atom. The Labute approximate surface area is 80.8 Å². The van der Waals surface area contributed by atoms with Gasteiger partial charge in [0, 0.05) is 19.2 Å². The molecule has 14 heavy (non-hydrogen) atoms. The highest BCUT2D eigenvalue weighted by Crippen LogP contribution is 2.31. The number of hydrogen-bond donors (Lipinski definition) is 1. The first-order valence-corrected chi connectivity index (χ1v) is 4.33. The first-order chi connectivity index (χ1) is 6.59. The summed E-state index contributed by atoms with van der Waals surface area (Å²) in [5, 5.41) is 8.89. The van der Waals surface area contributed by atoms with E-state index in [1.165, 1.54) is 12.1 Å². The average Bonchev–Trinajstić information content (AvgIpc) is 2.43. The molecule has 0 aromatic heterocycles. The molecule has 3 nitrogen and oxygen atoms in total. The molecule has 1 N–H and O–H groups in total. The van der Waals surface area contributed by atoms with E-state index in [-0.39, 0.29) is 5.82 Å². The van der Waals surface area contributed by atoms with Gasteiger partial charge in [-0.05, 0) is 23.8 Å². The Hall–Kier alpha value is -1.58. The predicted octanol–water partition coefficient (Wildman–Crippen LogP) is 1.27. The van der Waals surface area contributed by atoms with E-state index in [1.54, 1.807) is 18.0 Å². The van der Waals surface area contributed by atoms with Crippen LogP contribution in [0.4, 0.5) is 10.1 Å². The normalized spacial score (nSPS) is 19.6. The van der Waals surface area contributed by atoms with Gasteiger partial charge in [-0.1, -0.05) is 0 Å². The summed E-state index contributed by atoms with van der Waals surface area (Å²) in [5.41, 5.74) is 1.57. The fraction of sp³-hybridized carbons (Fsp3) is 0.300. The van der Waals surface area contributed by atoms with E-state index in [0.717, 1.165) is 11.3 Å². The fourth-order valence-electron chi connectivity index (χ4n) is 1.83. The highest BCUT2D eigenvalue weighted by Gasteiger charge is 2.31. The molecule has 1 aromatic carbocycles. The van der Waals surface area contributed by atoms with Crippen molar-refractivity contribution >= 4 is 11.7 Å². The molecular weight excluding hydrogens is 185 g/mol. The Morgan fingerprint density at radius 3 is 3.00 bits per heavy atom. The molecule has 2 rings (SSSR count). The van der Waals surface area contributed by atoms with Crippen LogP contribution < -0.4 is 4.90 Å². The predicted molar refractivity (Wildman–Crippen MR) is 49.9 cm³/mol. The highest BCUT2D eigenvalue weighted by molar-refractivity contribution is 5.82. The third kappa shape index (κ3) is 1.23. The number of anilines is 1. The van der Waals surface area contributed by atoms with E-state index in [9.17, 15) is 9.18 Å². The van der Waals surface area contributed by atoms with E-state index < -0.39 is 12.0 Å². The third-order valence-electron chi connectivity index (χ3n) is 2.59. The van der Waals surface area contributed by atoms with Gasteiger partial charge in [-0.25, -0.2) is 9.18 Å². The van der Waals surface area contributed by atoms with Crippen molar-refractivity contribution in [2.75, 3.05) is 11.9 Å². The number of carboxylic acids is 1. The molecule has 0 unspecified atom stereocenters. The summed E-state index contributed by atoms with van der Waals surface area (Å²) in [6.45, 7) is 0. The van der Waals surface area contributed by atoms with Crippen molar-refractivity contribution in [1.82, 2.24) is 0 Å². The second kappa shape index (κ2) is 2.97. The quantitative estimate of drug-likeness (QED) is 0.733. The van der Waals surface area contributed by atoms with Crippen LogP contribution in [0, 0.1) is 5.82 Å². The molecule has 1 aromatic rings. The van der Waals surface area contributed by atoms with Gasteiger partial charge in [0.1, 0.15) is 11.9 Å². The van der Waals surface area contributed by atoms with Crippen molar-refractivity contribution in [3.05, 3.63) is 29.6 Å². The van der Waals surface area contributed by atoms with Crippen LogP contribution in [0.1, 0.15) is 5.56 Å². The molecule has 0 radical (unpaired) electrons. The summed E-state index contributed by atoms with van der Waals surface area (Å²) in [6, 6.07) is 3.80. The van der Waals surface area contributed by atoms with Gasteiger partial charge in [-0.3, -0.25) is 0 Å². The van der Waals surface area contributed by atoms with Gasteiger partial charge in [0.05, 0.1) is 0 Å². The lowest BCUT2D eigenvalue weighted by Crippen LogP contribution is -2.35. The molecule has 0 saturated heterocycles. The van der Waals surface area contributed by atoms with Crippen molar-refractivity contribution < 1.29 is 14.3 Å². The summed E-state index contributed by atoms with van der Waals surface area (Å²) < 4.78 is 12.9. The molecule has 0 saturated carbocycles. The van der Waals surface area contributed by atoms with Crippen molar-refractivity contribution in [3.8, 4) is 0 Å². The van der Waals surface area contributed by atoms with Crippen LogP contribution >= 0.6 is 0 Å². The Bertz CT molecular complexity index is 392. The van der Waals surface area contributed by atoms with Gasteiger partial charge < -0.3 is 10.0 Å². The number of fused-ring (bicyclic) bond motifs is 1. The minimum absolute atomic E-state index is 0.316. The maximum atomic E-state index is 12.9. The standard InChI is InChI=1S/C10H10FNO2/c1-12-8-3-2-7(11)4-6(8)5-9(12)10(13)14/h2-4,9H,5H2,1H3,(H,13,14)/t9-/m0/s1. The SMILES string of the molecule is CN1c2ccc(F)cc2C[C@H]1C(=O)O. The maximum Gasteiger partial charge on any atom is 0.326 e. The van der Waals surface area contributed by atoms with Gasteiger partial charge >= 0.3 is 5.97 Å². The van der Waals surface area contributed by atoms with E-state index >= 15 is 0 Å². The van der Waals surface area contributed by atoms with Crippen LogP contribution in [0.5, 0.6) is 0 Å². The number of nitrogens with zero attached hydrogens (tertiary/aromatic N) is 1. The smallest absolute Gasteiger partial charge is 0.326 e. The van der Waals surface area contributed by atoms with Crippen molar-refractivity contribution in [2.45, 2.75) is 12.5 Å². The highest BCUT2D eigenvalue weighted by atomic mass is 19.1. The van der Waals surface area contributed by atoms with Gasteiger partial charge in [0.15, 0.2) is 0 Å². The molecule has 0 amide bonds. The fourth-order valence-corrected chi connectivity index (χ4v) is 1.83. The molecule has 0 bridgehead atoms. The monoisotopic (exact) mass is 195 g/mol. The number of aliphatic carboxylic acids is 1. The lowest BCUT2D eigenvalue weighted by molar-refractivity contribution is -0.138. The molecule has 1 aliphatic heterocycles. The molecule has 1 heterocycles. The first kappa shape index (κ1) is 8.99. The van der Waals surface area contributed by atoms with E-state index in [0.29, 0.717) is 6.42 Å². The minimum atomic E-state index is -0.871. The van der Waals surface area contributed by atoms with Gasteiger partial charge in [-0.15, -0.1) is 0 Å². The summed E-state index contributed by atoms with van der Waals surface area (Å²) in [7, 11) is 1.71. The van der Waals surface area contributed by atoms with Gasteiger partial charge in [0.25, 0.3) is 0 Å². The zero-order valence-corrected chi connectivity index (χ0v) is 7.70. The number of hydrogen-bond acceptors (Lipinski definition) is 2. The number of likely N-dealkylation sites (N-methyl/N-ethyl adjacent to an activating group) is 1. The number of halogens is 1. The molecule has 0 fully saturated rings. The molecule has 74 valence electrons. The molecule has 4 heteroatoms. The molecule has 1 aliphatic rings. The Kier molecular flexibility index (Phi) is 1.91. The zero-order chi connectivity index (χ0) is 10.3. The van der Waals surface area contributed by atoms with E-state index in [2.05, 4.69) is 0 Å². The maximum absolute atomic E-state index is 12.9. The number of carboxylic acid groups (broad SMARTS) is 1. The van der Waals surface area contributed by atoms with Crippen molar-refractivity contribution in [1.29, 1.82) is 0 Å². The summed E-state index contributed by atoms with van der Waals surface area (Å²) in [5.74, 6) is -1.19. The average molecular weight is 195 g/mol. The van der Waals surface area contributed by atoms with Crippen LogP contribution in [0.25, 0.3) is 0 Å². The summed E-state index contributed by atoms with van der Waals surface area (Å²) in [4.78, 5) is 12.5. The molecule has 1 atom stereocenters. The summed E-state index contributed by atoms with van der Waals surface area (Å²) >= 11 is 0. The molecular formula is C10H10FNO2. The summed E-state index contributed by atoms with van der Waals surface area (Å²) in [6.07, 6.45) is 0.374. The van der Waals surface area contributed by atoms with Crippen LogP contribution in [0.3, 0.4) is 0 Å². The first-order valence-electron chi connectivity index (χ1n) is 4.33. The lowest BCUT2D eigenvalue weighted by Gasteiger charge is -2.18. The second-order valence-corrected chi connectivity index (χ2v) is 3.44. The zero-order valence-electron chi connectivity index (χ0n) is 7.70. The number of carbonyl (C=O) groups is 1. The molecule has 0 spiro atoms.